The van der Waals surface area contributed by atoms with E-state index in [9.17, 15) is 0 Å². The number of nitrogens with zero attached hydrogens (tertiary/aromatic N) is 4. The Morgan fingerprint density at radius 1 is 0.818 bits per heavy atom. The molecule has 5 nitrogen and oxygen atoms in total. The molecule has 2 unspecified atom stereocenters. The second kappa shape index (κ2) is 10.8. The Labute approximate surface area is 270 Å². The summed E-state index contributed by atoms with van der Waals surface area (Å²) in [5, 5.41) is 3.43. The number of para-hydroxylation sites is 1. The minimum Gasteiger partial charge on any atom is -0.480 e. The molecule has 214 valence electrons. The van der Waals surface area contributed by atoms with Crippen molar-refractivity contribution in [3.05, 3.63) is 139 Å². The molecule has 4 heterocycles. The zero-order chi connectivity index (χ0) is 28.3. The number of hydrogen-bond acceptors (Lipinski definition) is 4. The summed E-state index contributed by atoms with van der Waals surface area (Å²) in [5.74, 6) is 3.14. The first-order chi connectivity index (χ1) is 21.3. The van der Waals surface area contributed by atoms with Gasteiger partial charge in [0.2, 0.25) is 0 Å². The summed E-state index contributed by atoms with van der Waals surface area (Å²) in [6, 6.07) is 35.8. The summed E-state index contributed by atoms with van der Waals surface area (Å²) < 4.78 is 8.76. The molecule has 0 fully saturated rings. The Kier molecular flexibility index (Phi) is 6.57. The SMILES string of the molecule is [Pt+2].[c-]1cccc2cccc(-c3cccc(N4c5nc(-n6c7c(c8ccc[c-]c86)CCC=C7)ccc5OC5C=CC=CC54)n3)c12. The third-order valence-electron chi connectivity index (χ3n) is 8.62. The van der Waals surface area contributed by atoms with E-state index >= 15 is 0 Å². The van der Waals surface area contributed by atoms with E-state index < -0.39 is 0 Å². The van der Waals surface area contributed by atoms with Crippen molar-refractivity contribution >= 4 is 39.4 Å². The van der Waals surface area contributed by atoms with Crippen molar-refractivity contribution in [2.75, 3.05) is 4.90 Å². The molecule has 0 N–H and O–H groups in total. The summed E-state index contributed by atoms with van der Waals surface area (Å²) in [6.45, 7) is 0. The first-order valence-electron chi connectivity index (χ1n) is 14.7. The average molecular weight is 750 g/mol. The van der Waals surface area contributed by atoms with Crippen LogP contribution in [0.4, 0.5) is 11.6 Å². The molecule has 3 aromatic heterocycles. The third kappa shape index (κ3) is 4.18. The van der Waals surface area contributed by atoms with E-state index in [1.165, 1.54) is 16.6 Å². The molecule has 0 amide bonds. The van der Waals surface area contributed by atoms with Crippen molar-refractivity contribution < 1.29 is 25.8 Å². The van der Waals surface area contributed by atoms with Gasteiger partial charge in [-0.25, -0.2) is 9.97 Å². The van der Waals surface area contributed by atoms with Gasteiger partial charge >= 0.3 is 21.1 Å². The van der Waals surface area contributed by atoms with E-state index in [1.807, 2.05) is 30.3 Å². The van der Waals surface area contributed by atoms with Gasteiger partial charge in [0.1, 0.15) is 17.7 Å². The molecule has 44 heavy (non-hydrogen) atoms. The molecular weight excluding hydrogens is 724 g/mol. The zero-order valence-electron chi connectivity index (χ0n) is 23.6. The van der Waals surface area contributed by atoms with Gasteiger partial charge in [0.15, 0.2) is 11.6 Å². The smallest absolute Gasteiger partial charge is 0.480 e. The minimum absolute atomic E-state index is 0. The van der Waals surface area contributed by atoms with Crippen LogP contribution in [0.1, 0.15) is 17.7 Å². The minimum atomic E-state index is -0.155. The van der Waals surface area contributed by atoms with Crippen LogP contribution in [0.3, 0.4) is 0 Å². The number of ether oxygens (including phenoxy) is 1. The van der Waals surface area contributed by atoms with Crippen molar-refractivity contribution in [1.82, 2.24) is 14.5 Å². The molecule has 2 atom stereocenters. The molecule has 9 rings (SSSR count). The van der Waals surface area contributed by atoms with Crippen LogP contribution < -0.4 is 9.64 Å². The van der Waals surface area contributed by atoms with Crippen LogP contribution in [0.5, 0.6) is 5.75 Å². The first-order valence-corrected chi connectivity index (χ1v) is 14.7. The van der Waals surface area contributed by atoms with E-state index in [0.717, 1.165) is 63.6 Å². The molecular formula is C38H26N4OPt. The molecule has 0 saturated heterocycles. The second-order valence-corrected chi connectivity index (χ2v) is 11.1. The molecule has 6 aromatic rings. The Bertz CT molecular complexity index is 2150. The van der Waals surface area contributed by atoms with Gasteiger partial charge in [0.25, 0.3) is 0 Å². The largest absolute Gasteiger partial charge is 2.00 e. The Morgan fingerprint density at radius 2 is 1.68 bits per heavy atom. The quantitative estimate of drug-likeness (QED) is 0.171. The topological polar surface area (TPSA) is 43.2 Å². The Balaban J connectivity index is 0.00000289. The monoisotopic (exact) mass is 749 g/mol. The van der Waals surface area contributed by atoms with E-state index in [-0.39, 0.29) is 33.2 Å². The second-order valence-electron chi connectivity index (χ2n) is 11.1. The molecule has 2 aliphatic carbocycles. The number of aryl methyl sites for hydroxylation is 1. The molecule has 1 aliphatic heterocycles. The van der Waals surface area contributed by atoms with Gasteiger partial charge in [-0.2, -0.15) is 24.3 Å². The van der Waals surface area contributed by atoms with Crippen molar-refractivity contribution in [2.24, 2.45) is 0 Å². The summed E-state index contributed by atoms with van der Waals surface area (Å²) in [5.41, 5.74) is 5.51. The number of anilines is 2. The number of allylic oxidation sites excluding steroid dienone is 3. The van der Waals surface area contributed by atoms with Crippen LogP contribution in [0.25, 0.3) is 44.8 Å². The van der Waals surface area contributed by atoms with Gasteiger partial charge in [-0.15, -0.1) is 40.4 Å². The van der Waals surface area contributed by atoms with Gasteiger partial charge in [0.05, 0.1) is 6.04 Å². The standard InChI is InChI=1S/C38H26N4O.Pt/c1-2-13-26-25(11-1)12-9-16-27(26)30-17-10-22-36(39-30)42-33-20-7-8-21-34(33)43-35-23-24-37(40-38(35)42)41-31-18-5-3-14-28(31)29-15-4-6-19-32(29)41;/h1-3,5-12,14,16-17,19-24,33-34H,4,15H2;/q-2;+2. The van der Waals surface area contributed by atoms with Crippen LogP contribution in [0.15, 0.2) is 115 Å². The third-order valence-corrected chi connectivity index (χ3v) is 8.62. The van der Waals surface area contributed by atoms with Crippen LogP contribution in [-0.2, 0) is 27.5 Å². The number of hydrogen-bond donors (Lipinski definition) is 0. The van der Waals surface area contributed by atoms with Crippen LogP contribution in [0, 0.1) is 12.1 Å². The van der Waals surface area contributed by atoms with Crippen molar-refractivity contribution in [3.8, 4) is 22.8 Å². The molecule has 6 heteroatoms. The molecule has 3 aliphatic rings. The Morgan fingerprint density at radius 3 is 2.66 bits per heavy atom. The van der Waals surface area contributed by atoms with Gasteiger partial charge in [0, 0.05) is 11.4 Å². The summed E-state index contributed by atoms with van der Waals surface area (Å²) in [7, 11) is 0. The van der Waals surface area contributed by atoms with E-state index in [0.29, 0.717) is 0 Å². The average Bonchev–Trinajstić information content (AvgIpc) is 3.41. The molecule has 0 saturated carbocycles. The summed E-state index contributed by atoms with van der Waals surface area (Å²) >= 11 is 0. The van der Waals surface area contributed by atoms with E-state index in [1.54, 1.807) is 0 Å². The molecule has 3 aromatic carbocycles. The fourth-order valence-electron chi connectivity index (χ4n) is 6.70. The van der Waals surface area contributed by atoms with Crippen LogP contribution >= 0.6 is 0 Å². The van der Waals surface area contributed by atoms with Crippen molar-refractivity contribution in [2.45, 2.75) is 25.0 Å². The maximum Gasteiger partial charge on any atom is 2.00 e. The Hall–Kier alpha value is -4.73. The predicted octanol–water partition coefficient (Wildman–Crippen LogP) is 8.19. The van der Waals surface area contributed by atoms with Gasteiger partial charge in [-0.05, 0) is 49.3 Å². The normalized spacial score (nSPS) is 18.0. The van der Waals surface area contributed by atoms with Crippen LogP contribution in [-0.4, -0.2) is 26.7 Å². The van der Waals surface area contributed by atoms with E-state index in [4.69, 9.17) is 14.7 Å². The van der Waals surface area contributed by atoms with E-state index in [2.05, 4.69) is 113 Å². The summed E-state index contributed by atoms with van der Waals surface area (Å²) in [6.07, 6.45) is 14.8. The predicted molar refractivity (Wildman–Crippen MR) is 172 cm³/mol. The number of aromatic nitrogens is 3. The number of pyridine rings is 2. The number of benzene rings is 3. The molecule has 0 radical (unpaired) electrons. The van der Waals surface area contributed by atoms with Crippen molar-refractivity contribution in [1.29, 1.82) is 0 Å². The fraction of sp³-hybridized carbons (Fsp3) is 0.105. The van der Waals surface area contributed by atoms with Gasteiger partial charge in [-0.3, -0.25) is 4.90 Å². The maximum atomic E-state index is 6.53. The first kappa shape index (κ1) is 26.9. The number of rotatable bonds is 3. The van der Waals surface area contributed by atoms with Gasteiger partial charge < -0.3 is 9.30 Å². The maximum absolute atomic E-state index is 6.53. The molecule has 0 spiro atoms. The molecule has 0 bridgehead atoms. The number of fused-ring (bicyclic) bond motifs is 6. The zero-order valence-corrected chi connectivity index (χ0v) is 25.9. The fourth-order valence-corrected chi connectivity index (χ4v) is 6.70. The van der Waals surface area contributed by atoms with Crippen molar-refractivity contribution in [3.63, 3.8) is 0 Å². The summed E-state index contributed by atoms with van der Waals surface area (Å²) in [4.78, 5) is 12.8. The van der Waals surface area contributed by atoms with Crippen LogP contribution in [0.2, 0.25) is 0 Å². The van der Waals surface area contributed by atoms with Gasteiger partial charge in [-0.1, -0.05) is 65.2 Å².